The second-order valence-corrected chi connectivity index (χ2v) is 17.6. The number of carbonyl (C=O) groups is 3. The fourth-order valence-corrected chi connectivity index (χ4v) is 11.6. The molecule has 0 aromatic rings. The van der Waals surface area contributed by atoms with Crippen LogP contribution in [0, 0.1) is 40.9 Å². The zero-order valence-corrected chi connectivity index (χ0v) is 26.9. The van der Waals surface area contributed by atoms with E-state index in [-0.39, 0.29) is 35.5 Å². The van der Waals surface area contributed by atoms with E-state index in [9.17, 15) is 31.6 Å². The summed E-state index contributed by atoms with van der Waals surface area (Å²) in [6, 6.07) is -1.40. The molecule has 8 fully saturated rings. The molecule has 0 heterocycles. The van der Waals surface area contributed by atoms with Crippen molar-refractivity contribution in [1.29, 1.82) is 0 Å². The van der Waals surface area contributed by atoms with E-state index < -0.39 is 67.5 Å². The number of carbonyl (C=O) groups excluding carboxylic acids is 3. The van der Waals surface area contributed by atoms with E-state index in [1.165, 1.54) is 0 Å². The summed E-state index contributed by atoms with van der Waals surface area (Å²) in [5.41, 5.74) is -6.27. The van der Waals surface area contributed by atoms with Crippen LogP contribution in [0.25, 0.3) is 0 Å². The monoisotopic (exact) mass is 685 g/mol. The van der Waals surface area contributed by atoms with Gasteiger partial charge >= 0.3 is 29.0 Å². The second-order valence-electron chi connectivity index (χ2n) is 15.9. The summed E-state index contributed by atoms with van der Waals surface area (Å²) in [5.74, 6) is -19.5. The molecule has 0 atom stereocenters. The summed E-state index contributed by atoms with van der Waals surface area (Å²) in [6.45, 7) is 2.34. The predicted octanol–water partition coefficient (Wildman–Crippen LogP) is 5.78. The molecule has 1 N–H and O–H groups in total. The van der Waals surface area contributed by atoms with Crippen LogP contribution in [0.15, 0.2) is 0 Å². The molecule has 8 nitrogen and oxygen atoms in total. The lowest BCUT2D eigenvalue weighted by Gasteiger charge is -2.56. The highest BCUT2D eigenvalue weighted by Crippen LogP contribution is 2.60. The van der Waals surface area contributed by atoms with Gasteiger partial charge in [0, 0.05) is 6.04 Å². The SMILES string of the molecule is CC(C)NS(=O)(=O)C(F)(F)C(F)(F)C(F)(F)C(=O)C(C)(C(=O)OC12CC3CC(CC(C3)C1)C2)C(=O)OC12CC3CC(CC(C3)C1)C2. The van der Waals surface area contributed by atoms with Crippen LogP contribution in [0.5, 0.6) is 0 Å². The molecule has 0 spiro atoms. The van der Waals surface area contributed by atoms with Crippen LogP contribution in [0.1, 0.15) is 97.8 Å². The Morgan fingerprint density at radius 3 is 1.26 bits per heavy atom. The summed E-state index contributed by atoms with van der Waals surface area (Å²) in [4.78, 5) is 41.5. The molecule has 0 unspecified atom stereocenters. The summed E-state index contributed by atoms with van der Waals surface area (Å²) in [5, 5.41) is -6.53. The topological polar surface area (TPSA) is 116 Å². The van der Waals surface area contributed by atoms with Crippen LogP contribution in [-0.4, -0.2) is 60.5 Å². The lowest BCUT2D eigenvalue weighted by molar-refractivity contribution is -0.273. The fraction of sp³-hybridized carbons (Fsp3) is 0.903. The third-order valence-electron chi connectivity index (χ3n) is 11.6. The zero-order valence-electron chi connectivity index (χ0n) is 26.1. The number of ether oxygens (including phenoxy) is 2. The minimum Gasteiger partial charge on any atom is -0.458 e. The maximum absolute atomic E-state index is 15.7. The van der Waals surface area contributed by atoms with Gasteiger partial charge in [-0.15, -0.1) is 0 Å². The molecule has 0 aromatic carbocycles. The average Bonchev–Trinajstić information content (AvgIpc) is 2.88. The van der Waals surface area contributed by atoms with E-state index >= 15 is 17.6 Å². The number of Topliss-reactive ketones (excluding diaryl/α,β-unsaturated/α-hetero) is 1. The third kappa shape index (κ3) is 5.10. The van der Waals surface area contributed by atoms with Crippen molar-refractivity contribution in [3.63, 3.8) is 0 Å². The molecule has 0 amide bonds. The molecular formula is C31H41F6NO7S. The Morgan fingerprint density at radius 1 is 0.674 bits per heavy atom. The molecule has 8 aliphatic carbocycles. The first-order valence-corrected chi connectivity index (χ1v) is 17.7. The number of alkyl halides is 6. The van der Waals surface area contributed by atoms with E-state index in [4.69, 9.17) is 9.47 Å². The van der Waals surface area contributed by atoms with Crippen molar-refractivity contribution in [2.45, 2.75) is 132 Å². The highest BCUT2D eigenvalue weighted by Gasteiger charge is 2.82. The molecule has 8 saturated carbocycles. The maximum atomic E-state index is 15.7. The number of sulfonamides is 1. The highest BCUT2D eigenvalue weighted by atomic mass is 32.2. The molecule has 8 aliphatic rings. The van der Waals surface area contributed by atoms with Gasteiger partial charge in [0.15, 0.2) is 0 Å². The van der Waals surface area contributed by atoms with Crippen LogP contribution >= 0.6 is 0 Å². The quantitative estimate of drug-likeness (QED) is 0.167. The van der Waals surface area contributed by atoms with Gasteiger partial charge < -0.3 is 9.47 Å². The molecular weight excluding hydrogens is 644 g/mol. The molecule has 260 valence electrons. The Hall–Kier alpha value is -1.90. The number of hydrogen-bond acceptors (Lipinski definition) is 7. The first-order valence-electron chi connectivity index (χ1n) is 16.2. The van der Waals surface area contributed by atoms with Crippen molar-refractivity contribution in [2.75, 3.05) is 0 Å². The van der Waals surface area contributed by atoms with Gasteiger partial charge in [-0.1, -0.05) is 0 Å². The van der Waals surface area contributed by atoms with Gasteiger partial charge in [-0.05, 0) is 133 Å². The van der Waals surface area contributed by atoms with E-state index in [0.717, 1.165) is 57.1 Å². The number of nitrogens with one attached hydrogen (secondary N) is 1. The maximum Gasteiger partial charge on any atom is 0.427 e. The summed E-state index contributed by atoms with van der Waals surface area (Å²) in [7, 11) is -6.49. The fourth-order valence-electron chi connectivity index (χ4n) is 10.4. The Labute approximate surface area is 264 Å². The van der Waals surface area contributed by atoms with Gasteiger partial charge in [0.1, 0.15) is 11.2 Å². The van der Waals surface area contributed by atoms with Gasteiger partial charge in [0.05, 0.1) is 0 Å². The summed E-state index contributed by atoms with van der Waals surface area (Å²) >= 11 is 0. The largest absolute Gasteiger partial charge is 0.458 e. The van der Waals surface area contributed by atoms with Gasteiger partial charge in [-0.2, -0.15) is 26.3 Å². The normalized spacial score (nSPS) is 38.1. The number of esters is 2. The van der Waals surface area contributed by atoms with Crippen LogP contribution in [0.2, 0.25) is 0 Å². The molecule has 0 aliphatic heterocycles. The molecule has 8 rings (SSSR count). The van der Waals surface area contributed by atoms with Crippen molar-refractivity contribution in [3.05, 3.63) is 0 Å². The van der Waals surface area contributed by atoms with E-state index in [0.29, 0.717) is 45.4 Å². The summed E-state index contributed by atoms with van der Waals surface area (Å²) in [6.07, 6.45) is 7.10. The minimum atomic E-state index is -6.89. The first kappa shape index (κ1) is 34.0. The van der Waals surface area contributed by atoms with Crippen LogP contribution < -0.4 is 4.72 Å². The molecule has 0 saturated heterocycles. The standard InChI is InChI=1S/C31H41F6NO7S/c1-16(2)38-46(42,43)31(36,37)30(34,35)29(32,33)23(39)26(3,24(40)44-27-10-17-4-18(11-27)6-19(5-17)12-27)25(41)45-28-13-20-7-21(14-28)9-22(8-20)15-28/h16-22,38H,4-15H2,1-3H3. The lowest BCUT2D eigenvalue weighted by Crippen LogP contribution is -2.68. The van der Waals surface area contributed by atoms with E-state index in [1.54, 1.807) is 0 Å². The van der Waals surface area contributed by atoms with Crippen LogP contribution in [-0.2, 0) is 33.9 Å². The van der Waals surface area contributed by atoms with E-state index in [2.05, 4.69) is 0 Å². The van der Waals surface area contributed by atoms with Crippen LogP contribution in [0.3, 0.4) is 0 Å². The van der Waals surface area contributed by atoms with Crippen molar-refractivity contribution < 1.29 is 58.6 Å². The van der Waals surface area contributed by atoms with Crippen LogP contribution in [0.4, 0.5) is 26.3 Å². The van der Waals surface area contributed by atoms with Crippen molar-refractivity contribution in [1.82, 2.24) is 4.72 Å². The van der Waals surface area contributed by atoms with E-state index in [1.807, 2.05) is 0 Å². The lowest BCUT2D eigenvalue weighted by atomic mass is 9.54. The number of ketones is 1. The van der Waals surface area contributed by atoms with Crippen molar-refractivity contribution >= 4 is 27.7 Å². The van der Waals surface area contributed by atoms with Gasteiger partial charge in [-0.25, -0.2) is 13.1 Å². The summed E-state index contributed by atoms with van der Waals surface area (Å²) < 4.78 is 129. The number of halogens is 6. The number of hydrogen-bond donors (Lipinski definition) is 1. The second kappa shape index (κ2) is 10.5. The first-order chi connectivity index (χ1) is 21.0. The van der Waals surface area contributed by atoms with Gasteiger partial charge in [0.2, 0.25) is 11.2 Å². The number of rotatable bonds is 11. The third-order valence-corrected chi connectivity index (χ3v) is 13.3. The Morgan fingerprint density at radius 2 is 0.978 bits per heavy atom. The Bertz CT molecular complexity index is 1280. The van der Waals surface area contributed by atoms with Gasteiger partial charge in [-0.3, -0.25) is 14.4 Å². The molecule has 15 heteroatoms. The molecule has 46 heavy (non-hydrogen) atoms. The molecule has 0 radical (unpaired) electrons. The Kier molecular flexibility index (Phi) is 7.79. The zero-order chi connectivity index (χ0) is 33.9. The Balaban J connectivity index is 1.36. The minimum absolute atomic E-state index is 0.142. The molecule has 8 bridgehead atoms. The molecule has 0 aromatic heterocycles. The van der Waals surface area contributed by atoms with Gasteiger partial charge in [0.25, 0.3) is 10.0 Å². The van der Waals surface area contributed by atoms with Crippen molar-refractivity contribution in [3.8, 4) is 0 Å². The van der Waals surface area contributed by atoms with Crippen molar-refractivity contribution in [2.24, 2.45) is 40.9 Å². The average molecular weight is 686 g/mol. The smallest absolute Gasteiger partial charge is 0.427 e. The highest BCUT2D eigenvalue weighted by molar-refractivity contribution is 7.90. The predicted molar refractivity (Wildman–Crippen MR) is 149 cm³/mol.